The second kappa shape index (κ2) is 8.78. The predicted octanol–water partition coefficient (Wildman–Crippen LogP) is 2.55. The lowest BCUT2D eigenvalue weighted by Crippen LogP contribution is -2.37. The van der Waals surface area contributed by atoms with E-state index in [1.807, 2.05) is 12.1 Å². The van der Waals surface area contributed by atoms with Crippen LogP contribution in [0.4, 0.5) is 10.1 Å². The second-order valence-corrected chi connectivity index (χ2v) is 4.58. The van der Waals surface area contributed by atoms with Gasteiger partial charge in [-0.2, -0.15) is 10.5 Å². The standard InChI is InChI=1S/C14H14ClFN4O/c15-12-4-3-11(16)9-13(12)19-10-14(21)20(7-1-5-17)8-2-6-18/h3-4,9,19H,1-2,7-8,10H2. The summed E-state index contributed by atoms with van der Waals surface area (Å²) < 4.78 is 13.1. The molecule has 0 fully saturated rings. The topological polar surface area (TPSA) is 79.9 Å². The third kappa shape index (κ3) is 5.68. The first-order chi connectivity index (χ1) is 10.1. The number of halogens is 2. The second-order valence-electron chi connectivity index (χ2n) is 4.17. The molecule has 1 aromatic carbocycles. The molecule has 1 rings (SSSR count). The van der Waals surface area contributed by atoms with E-state index in [1.165, 1.54) is 23.1 Å². The number of nitriles is 2. The van der Waals surface area contributed by atoms with E-state index in [2.05, 4.69) is 5.32 Å². The van der Waals surface area contributed by atoms with E-state index in [1.54, 1.807) is 0 Å². The SMILES string of the molecule is N#CCCN(CCC#N)C(=O)CNc1cc(F)ccc1Cl. The van der Waals surface area contributed by atoms with Crippen LogP contribution in [0.5, 0.6) is 0 Å². The van der Waals surface area contributed by atoms with Gasteiger partial charge in [0.2, 0.25) is 5.91 Å². The summed E-state index contributed by atoms with van der Waals surface area (Å²) in [6.45, 7) is 0.436. The van der Waals surface area contributed by atoms with Gasteiger partial charge in [0.1, 0.15) is 5.82 Å². The van der Waals surface area contributed by atoms with Crippen molar-refractivity contribution in [1.82, 2.24) is 4.90 Å². The van der Waals surface area contributed by atoms with E-state index in [4.69, 9.17) is 22.1 Å². The van der Waals surface area contributed by atoms with Crippen LogP contribution in [0.3, 0.4) is 0 Å². The van der Waals surface area contributed by atoms with Gasteiger partial charge >= 0.3 is 0 Å². The number of benzene rings is 1. The minimum absolute atomic E-state index is 0.0833. The Morgan fingerprint density at radius 2 is 1.90 bits per heavy atom. The van der Waals surface area contributed by atoms with Crippen molar-refractivity contribution >= 4 is 23.2 Å². The van der Waals surface area contributed by atoms with Gasteiger partial charge in [0.05, 0.1) is 42.2 Å². The summed E-state index contributed by atoms with van der Waals surface area (Å²) in [7, 11) is 0. The van der Waals surface area contributed by atoms with Crippen molar-refractivity contribution in [2.45, 2.75) is 12.8 Å². The average molecular weight is 309 g/mol. The van der Waals surface area contributed by atoms with E-state index < -0.39 is 5.82 Å². The normalized spacial score (nSPS) is 9.52. The highest BCUT2D eigenvalue weighted by atomic mass is 35.5. The maximum absolute atomic E-state index is 13.1. The highest BCUT2D eigenvalue weighted by molar-refractivity contribution is 6.33. The fraction of sp³-hybridized carbons (Fsp3) is 0.357. The number of carbonyl (C=O) groups is 1. The van der Waals surface area contributed by atoms with Gasteiger partial charge in [0, 0.05) is 13.1 Å². The molecule has 0 heterocycles. The molecular formula is C14H14ClFN4O. The van der Waals surface area contributed by atoms with Gasteiger partial charge in [0.25, 0.3) is 0 Å². The Hall–Kier alpha value is -2.31. The van der Waals surface area contributed by atoms with Crippen LogP contribution < -0.4 is 5.32 Å². The van der Waals surface area contributed by atoms with Crippen molar-refractivity contribution in [1.29, 1.82) is 10.5 Å². The van der Waals surface area contributed by atoms with Gasteiger partial charge in [-0.1, -0.05) is 11.6 Å². The van der Waals surface area contributed by atoms with Gasteiger partial charge in [0.15, 0.2) is 0 Å². The van der Waals surface area contributed by atoms with Crippen LogP contribution in [0.25, 0.3) is 0 Å². The third-order valence-electron chi connectivity index (χ3n) is 2.70. The highest BCUT2D eigenvalue weighted by Gasteiger charge is 2.13. The highest BCUT2D eigenvalue weighted by Crippen LogP contribution is 2.22. The lowest BCUT2D eigenvalue weighted by Gasteiger charge is -2.21. The lowest BCUT2D eigenvalue weighted by molar-refractivity contribution is -0.129. The average Bonchev–Trinajstić information content (AvgIpc) is 2.48. The molecule has 1 N–H and O–H groups in total. The summed E-state index contributed by atoms with van der Waals surface area (Å²) in [6, 6.07) is 7.72. The van der Waals surface area contributed by atoms with Crippen LogP contribution in [0.2, 0.25) is 5.02 Å². The molecular weight excluding hydrogens is 295 g/mol. The van der Waals surface area contributed by atoms with Crippen LogP contribution >= 0.6 is 11.6 Å². The number of amides is 1. The molecule has 0 spiro atoms. The minimum Gasteiger partial charge on any atom is -0.375 e. The van der Waals surface area contributed by atoms with Crippen molar-refractivity contribution in [2.75, 3.05) is 25.0 Å². The van der Waals surface area contributed by atoms with E-state index in [0.29, 0.717) is 10.7 Å². The molecule has 0 aliphatic heterocycles. The number of anilines is 1. The minimum atomic E-state index is -0.458. The number of hydrogen-bond donors (Lipinski definition) is 1. The molecule has 1 amide bonds. The first-order valence-electron chi connectivity index (χ1n) is 6.29. The molecule has 110 valence electrons. The Labute approximate surface area is 127 Å². The Morgan fingerprint density at radius 1 is 1.29 bits per heavy atom. The summed E-state index contributed by atoms with van der Waals surface area (Å²) in [6.07, 6.45) is 0.385. The zero-order chi connectivity index (χ0) is 15.7. The maximum atomic E-state index is 13.1. The molecule has 21 heavy (non-hydrogen) atoms. The quantitative estimate of drug-likeness (QED) is 0.839. The molecule has 0 bridgehead atoms. The Morgan fingerprint density at radius 3 is 2.48 bits per heavy atom. The Kier molecular flexibility index (Phi) is 7.00. The van der Waals surface area contributed by atoms with Crippen molar-refractivity contribution in [2.24, 2.45) is 0 Å². The zero-order valence-electron chi connectivity index (χ0n) is 11.3. The molecule has 0 saturated carbocycles. The van der Waals surface area contributed by atoms with Crippen LogP contribution in [-0.2, 0) is 4.79 Å². The van der Waals surface area contributed by atoms with Crippen LogP contribution in [-0.4, -0.2) is 30.4 Å². The largest absolute Gasteiger partial charge is 0.375 e. The van der Waals surface area contributed by atoms with E-state index in [9.17, 15) is 9.18 Å². The molecule has 7 heteroatoms. The van der Waals surface area contributed by atoms with Crippen LogP contribution in [0.1, 0.15) is 12.8 Å². The molecule has 0 radical (unpaired) electrons. The van der Waals surface area contributed by atoms with Gasteiger partial charge in [-0.25, -0.2) is 4.39 Å². The van der Waals surface area contributed by atoms with E-state index in [-0.39, 0.29) is 38.4 Å². The zero-order valence-corrected chi connectivity index (χ0v) is 12.0. The van der Waals surface area contributed by atoms with Crippen LogP contribution in [0.15, 0.2) is 18.2 Å². The predicted molar refractivity (Wildman–Crippen MR) is 76.9 cm³/mol. The number of nitrogens with one attached hydrogen (secondary N) is 1. The molecule has 0 aliphatic carbocycles. The molecule has 1 aromatic rings. The van der Waals surface area contributed by atoms with Crippen molar-refractivity contribution < 1.29 is 9.18 Å². The Balaban J connectivity index is 2.62. The summed E-state index contributed by atoms with van der Waals surface area (Å²) in [4.78, 5) is 13.5. The fourth-order valence-corrected chi connectivity index (χ4v) is 1.83. The first-order valence-corrected chi connectivity index (χ1v) is 6.67. The number of carbonyl (C=O) groups excluding carboxylic acids is 1. The summed E-state index contributed by atoms with van der Waals surface area (Å²) in [5.41, 5.74) is 0.325. The smallest absolute Gasteiger partial charge is 0.241 e. The van der Waals surface area contributed by atoms with E-state index in [0.717, 1.165) is 0 Å². The third-order valence-corrected chi connectivity index (χ3v) is 3.03. The summed E-state index contributed by atoms with van der Waals surface area (Å²) in [5, 5.41) is 20.2. The van der Waals surface area contributed by atoms with Gasteiger partial charge in [-0.15, -0.1) is 0 Å². The first kappa shape index (κ1) is 16.7. The van der Waals surface area contributed by atoms with Crippen molar-refractivity contribution in [3.05, 3.63) is 29.0 Å². The van der Waals surface area contributed by atoms with Crippen molar-refractivity contribution in [3.8, 4) is 12.1 Å². The molecule has 0 saturated heterocycles. The molecule has 0 atom stereocenters. The summed E-state index contributed by atoms with van der Waals surface area (Å²) in [5.74, 6) is -0.735. The van der Waals surface area contributed by atoms with Crippen LogP contribution in [0, 0.1) is 28.5 Å². The van der Waals surface area contributed by atoms with Gasteiger partial charge < -0.3 is 10.2 Å². The summed E-state index contributed by atoms with van der Waals surface area (Å²) >= 11 is 5.89. The number of nitrogens with zero attached hydrogens (tertiary/aromatic N) is 3. The Bertz CT molecular complexity index is 561. The monoisotopic (exact) mass is 308 g/mol. The van der Waals surface area contributed by atoms with Gasteiger partial charge in [-0.3, -0.25) is 4.79 Å². The maximum Gasteiger partial charge on any atom is 0.241 e. The molecule has 0 aromatic heterocycles. The fourth-order valence-electron chi connectivity index (χ4n) is 1.65. The number of rotatable bonds is 7. The molecule has 0 unspecified atom stereocenters. The molecule has 0 aliphatic rings. The molecule has 5 nitrogen and oxygen atoms in total. The van der Waals surface area contributed by atoms with Gasteiger partial charge in [-0.05, 0) is 18.2 Å². The lowest BCUT2D eigenvalue weighted by atomic mass is 10.3. The van der Waals surface area contributed by atoms with E-state index >= 15 is 0 Å². The van der Waals surface area contributed by atoms with Crippen molar-refractivity contribution in [3.63, 3.8) is 0 Å². The number of hydrogen-bond acceptors (Lipinski definition) is 4.